The van der Waals surface area contributed by atoms with Crippen LogP contribution in [0.1, 0.15) is 55.5 Å². The van der Waals surface area contributed by atoms with Gasteiger partial charge in [0.25, 0.3) is 0 Å². The van der Waals surface area contributed by atoms with Crippen molar-refractivity contribution < 1.29 is 9.53 Å². The van der Waals surface area contributed by atoms with Crippen molar-refractivity contribution in [1.82, 2.24) is 4.98 Å². The lowest BCUT2D eigenvalue weighted by Crippen LogP contribution is -2.24. The molecule has 1 aromatic rings. The fourth-order valence-electron chi connectivity index (χ4n) is 1.65. The molecule has 16 heavy (non-hydrogen) atoms. The molecule has 1 aliphatic carbocycles. The summed E-state index contributed by atoms with van der Waals surface area (Å²) in [6, 6.07) is 1.75. The molecule has 2 rings (SSSR count). The van der Waals surface area contributed by atoms with E-state index >= 15 is 0 Å². The monoisotopic (exact) mass is 219 g/mol. The molecule has 0 unspecified atom stereocenters. The van der Waals surface area contributed by atoms with Crippen molar-refractivity contribution in [3.8, 4) is 0 Å². The number of nitrogens with zero attached hydrogens (tertiary/aromatic N) is 1. The van der Waals surface area contributed by atoms with Gasteiger partial charge in [-0.25, -0.2) is 4.79 Å². The molecule has 0 atom stereocenters. The first kappa shape index (κ1) is 11.1. The SMILES string of the molecule is CC(C)(C)OC(=O)c1ccncc1C1CC1. The van der Waals surface area contributed by atoms with Crippen LogP contribution in [0.2, 0.25) is 0 Å². The summed E-state index contributed by atoms with van der Waals surface area (Å²) in [6.07, 6.45) is 5.74. The number of hydrogen-bond acceptors (Lipinski definition) is 3. The zero-order chi connectivity index (χ0) is 11.8. The van der Waals surface area contributed by atoms with Gasteiger partial charge in [0, 0.05) is 12.4 Å². The van der Waals surface area contributed by atoms with Gasteiger partial charge in [-0.3, -0.25) is 4.98 Å². The average Bonchev–Trinajstić information content (AvgIpc) is 2.98. The van der Waals surface area contributed by atoms with Gasteiger partial charge in [0.05, 0.1) is 5.56 Å². The lowest BCUT2D eigenvalue weighted by molar-refractivity contribution is 0.00681. The molecule has 1 aliphatic rings. The molecule has 1 aromatic heterocycles. The van der Waals surface area contributed by atoms with Crippen LogP contribution in [0, 0.1) is 0 Å². The zero-order valence-corrected chi connectivity index (χ0v) is 9.99. The van der Waals surface area contributed by atoms with Crippen molar-refractivity contribution in [1.29, 1.82) is 0 Å². The second kappa shape index (κ2) is 3.89. The third-order valence-electron chi connectivity index (χ3n) is 2.49. The molecule has 0 radical (unpaired) electrons. The number of carbonyl (C=O) groups is 1. The van der Waals surface area contributed by atoms with E-state index in [-0.39, 0.29) is 5.97 Å². The summed E-state index contributed by atoms with van der Waals surface area (Å²) in [5.74, 6) is 0.271. The van der Waals surface area contributed by atoms with Gasteiger partial charge in [-0.05, 0) is 51.2 Å². The van der Waals surface area contributed by atoms with E-state index in [1.54, 1.807) is 18.5 Å². The van der Waals surface area contributed by atoms with Gasteiger partial charge in [0.15, 0.2) is 0 Å². The molecular weight excluding hydrogens is 202 g/mol. The summed E-state index contributed by atoms with van der Waals surface area (Å²) in [6.45, 7) is 5.63. The van der Waals surface area contributed by atoms with Crippen LogP contribution in [-0.4, -0.2) is 16.6 Å². The predicted octanol–water partition coefficient (Wildman–Crippen LogP) is 2.91. The largest absolute Gasteiger partial charge is 0.456 e. The molecule has 0 spiro atoms. The Labute approximate surface area is 95.8 Å². The van der Waals surface area contributed by atoms with E-state index in [0.717, 1.165) is 18.4 Å². The third-order valence-corrected chi connectivity index (χ3v) is 2.49. The lowest BCUT2D eigenvalue weighted by Gasteiger charge is -2.20. The van der Waals surface area contributed by atoms with Crippen molar-refractivity contribution in [2.75, 3.05) is 0 Å². The highest BCUT2D eigenvalue weighted by Gasteiger charge is 2.29. The Balaban J connectivity index is 2.22. The van der Waals surface area contributed by atoms with E-state index in [2.05, 4.69) is 4.98 Å². The minimum Gasteiger partial charge on any atom is -0.456 e. The summed E-state index contributed by atoms with van der Waals surface area (Å²) >= 11 is 0. The average molecular weight is 219 g/mol. The molecule has 0 bridgehead atoms. The van der Waals surface area contributed by atoms with Crippen molar-refractivity contribution in [3.05, 3.63) is 29.6 Å². The van der Waals surface area contributed by atoms with E-state index in [1.165, 1.54) is 0 Å². The highest BCUT2D eigenvalue weighted by atomic mass is 16.6. The van der Waals surface area contributed by atoms with Gasteiger partial charge in [-0.1, -0.05) is 0 Å². The maximum Gasteiger partial charge on any atom is 0.339 e. The highest BCUT2D eigenvalue weighted by molar-refractivity contribution is 5.91. The van der Waals surface area contributed by atoms with E-state index < -0.39 is 5.60 Å². The first-order valence-corrected chi connectivity index (χ1v) is 5.64. The van der Waals surface area contributed by atoms with Crippen molar-refractivity contribution in [2.24, 2.45) is 0 Å². The molecule has 3 nitrogen and oxygen atoms in total. The molecular formula is C13H17NO2. The molecule has 0 aliphatic heterocycles. The van der Waals surface area contributed by atoms with E-state index in [9.17, 15) is 4.79 Å². The smallest absolute Gasteiger partial charge is 0.339 e. The fraction of sp³-hybridized carbons (Fsp3) is 0.538. The Kier molecular flexibility index (Phi) is 2.70. The highest BCUT2D eigenvalue weighted by Crippen LogP contribution is 2.41. The third kappa shape index (κ3) is 2.60. The van der Waals surface area contributed by atoms with E-state index in [4.69, 9.17) is 4.74 Å². The summed E-state index contributed by atoms with van der Waals surface area (Å²) in [5.41, 5.74) is 1.27. The number of ether oxygens (including phenoxy) is 1. The molecule has 0 aromatic carbocycles. The Bertz CT molecular complexity index is 403. The van der Waals surface area contributed by atoms with Gasteiger partial charge in [-0.15, -0.1) is 0 Å². The summed E-state index contributed by atoms with van der Waals surface area (Å²) in [7, 11) is 0. The summed E-state index contributed by atoms with van der Waals surface area (Å²) < 4.78 is 5.38. The number of carbonyl (C=O) groups excluding carboxylic acids is 1. The maximum atomic E-state index is 12.0. The van der Waals surface area contributed by atoms with Crippen molar-refractivity contribution in [2.45, 2.75) is 45.1 Å². The van der Waals surface area contributed by atoms with Crippen LogP contribution < -0.4 is 0 Å². The molecule has 1 saturated carbocycles. The fourth-order valence-corrected chi connectivity index (χ4v) is 1.65. The first-order chi connectivity index (χ1) is 7.47. The minimum absolute atomic E-state index is 0.239. The van der Waals surface area contributed by atoms with Crippen LogP contribution in [0.5, 0.6) is 0 Å². The van der Waals surface area contributed by atoms with Gasteiger partial charge in [0.2, 0.25) is 0 Å². The van der Waals surface area contributed by atoms with Gasteiger partial charge < -0.3 is 4.74 Å². The topological polar surface area (TPSA) is 39.2 Å². The number of esters is 1. The van der Waals surface area contributed by atoms with Crippen LogP contribution in [0.15, 0.2) is 18.5 Å². The maximum absolute atomic E-state index is 12.0. The Hall–Kier alpha value is -1.38. The first-order valence-electron chi connectivity index (χ1n) is 5.64. The van der Waals surface area contributed by atoms with Crippen LogP contribution in [-0.2, 0) is 4.74 Å². The Morgan fingerprint density at radius 3 is 2.69 bits per heavy atom. The molecule has 3 heteroatoms. The second-order valence-corrected chi connectivity index (χ2v) is 5.24. The quantitative estimate of drug-likeness (QED) is 0.718. The molecule has 0 amide bonds. The van der Waals surface area contributed by atoms with Crippen LogP contribution >= 0.6 is 0 Å². The van der Waals surface area contributed by atoms with Gasteiger partial charge >= 0.3 is 5.97 Å². The van der Waals surface area contributed by atoms with Crippen molar-refractivity contribution in [3.63, 3.8) is 0 Å². The van der Waals surface area contributed by atoms with Crippen molar-refractivity contribution >= 4 is 5.97 Å². The number of rotatable bonds is 2. The zero-order valence-electron chi connectivity index (χ0n) is 9.99. The standard InChI is InChI=1S/C13H17NO2/c1-13(2,3)16-12(15)10-6-7-14-8-11(10)9-4-5-9/h6-9H,4-5H2,1-3H3. The minimum atomic E-state index is -0.443. The molecule has 0 N–H and O–H groups in total. The van der Waals surface area contributed by atoms with Crippen LogP contribution in [0.4, 0.5) is 0 Å². The summed E-state index contributed by atoms with van der Waals surface area (Å²) in [4.78, 5) is 16.0. The van der Waals surface area contributed by atoms with Gasteiger partial charge in [0.1, 0.15) is 5.60 Å². The lowest BCUT2D eigenvalue weighted by atomic mass is 10.1. The Morgan fingerprint density at radius 2 is 2.12 bits per heavy atom. The molecule has 86 valence electrons. The molecule has 1 heterocycles. The van der Waals surface area contributed by atoms with E-state index in [0.29, 0.717) is 11.5 Å². The number of aromatic nitrogens is 1. The van der Waals surface area contributed by atoms with Crippen LogP contribution in [0.25, 0.3) is 0 Å². The predicted molar refractivity (Wildman–Crippen MR) is 61.4 cm³/mol. The second-order valence-electron chi connectivity index (χ2n) is 5.24. The number of pyridine rings is 1. The van der Waals surface area contributed by atoms with E-state index in [1.807, 2.05) is 20.8 Å². The van der Waals surface area contributed by atoms with Gasteiger partial charge in [-0.2, -0.15) is 0 Å². The number of hydrogen-bond donors (Lipinski definition) is 0. The summed E-state index contributed by atoms with van der Waals surface area (Å²) in [5, 5.41) is 0. The van der Waals surface area contributed by atoms with Crippen LogP contribution in [0.3, 0.4) is 0 Å². The Morgan fingerprint density at radius 1 is 1.44 bits per heavy atom. The molecule has 0 saturated heterocycles. The molecule has 1 fully saturated rings. The normalized spacial score (nSPS) is 15.9.